The van der Waals surface area contributed by atoms with E-state index in [1.807, 2.05) is 36.4 Å². The highest BCUT2D eigenvalue weighted by molar-refractivity contribution is 6.26. The number of nitriles is 2. The third-order valence-corrected chi connectivity index (χ3v) is 11.0. The van der Waals surface area contributed by atoms with Gasteiger partial charge in [0.25, 0.3) is 11.8 Å². The fourth-order valence-corrected chi connectivity index (χ4v) is 8.03. The van der Waals surface area contributed by atoms with Crippen LogP contribution in [0.1, 0.15) is 43.0 Å². The summed E-state index contributed by atoms with van der Waals surface area (Å²) >= 11 is 0. The number of para-hydroxylation sites is 3. The number of ketones is 2. The van der Waals surface area contributed by atoms with Crippen molar-refractivity contribution in [3.8, 4) is 23.3 Å². The van der Waals surface area contributed by atoms with E-state index in [9.17, 15) is 49.5 Å². The molecule has 330 valence electrons. The van der Waals surface area contributed by atoms with Gasteiger partial charge in [0.15, 0.2) is 11.6 Å². The van der Waals surface area contributed by atoms with Gasteiger partial charge < -0.3 is 30.0 Å². The van der Waals surface area contributed by atoms with E-state index < -0.39 is 23.8 Å². The molecule has 14 nitrogen and oxygen atoms in total. The number of carboxylic acids is 2. The predicted octanol–water partition coefficient (Wildman–Crippen LogP) is 8.99. The van der Waals surface area contributed by atoms with Gasteiger partial charge in [-0.05, 0) is 53.6 Å². The largest absolute Gasteiger partial charge is 0.480 e. The standard InChI is InChI=1S/C27H17N3O4.C27H19N3O4/c28-13-16(12-17-14-30(15-24(31)32)23-11-4-3-6-18(17)23)27(34)29-22-10-5-9-20-19-7-1-2-8-21(19)26(33)25(20)22;28-15-19(14-20-16-30(17-25(31)32)24-13-7-5-10-21(20)24)27(34)29-23-12-6-4-11-22(23)26(33)18-8-2-1-3-9-18/h1-12,14H,15H2,(H,29,34)(H,31,32);1-14,16H,17H2,(H,29,34)(H,31,32). The lowest BCUT2D eigenvalue weighted by molar-refractivity contribution is -0.138. The van der Waals surface area contributed by atoms with E-state index in [1.54, 1.807) is 143 Å². The van der Waals surface area contributed by atoms with Crippen molar-refractivity contribution in [1.29, 1.82) is 10.5 Å². The molecule has 0 aliphatic heterocycles. The first-order valence-electron chi connectivity index (χ1n) is 20.9. The average Bonchev–Trinajstić information content (AvgIpc) is 3.98. The van der Waals surface area contributed by atoms with Gasteiger partial charge >= 0.3 is 11.9 Å². The second-order valence-electron chi connectivity index (χ2n) is 15.3. The average molecular weight is 897 g/mol. The normalized spacial score (nSPS) is 11.6. The van der Waals surface area contributed by atoms with E-state index in [1.165, 1.54) is 12.2 Å². The minimum Gasteiger partial charge on any atom is -0.480 e. The third-order valence-electron chi connectivity index (χ3n) is 11.0. The van der Waals surface area contributed by atoms with Gasteiger partial charge in [-0.1, -0.05) is 115 Å². The molecule has 8 aromatic rings. The van der Waals surface area contributed by atoms with Crippen LogP contribution in [0.15, 0.2) is 169 Å². The molecule has 14 heteroatoms. The molecule has 68 heavy (non-hydrogen) atoms. The number of aliphatic carboxylic acids is 2. The van der Waals surface area contributed by atoms with Crippen molar-refractivity contribution in [3.63, 3.8) is 0 Å². The second-order valence-corrected chi connectivity index (χ2v) is 15.3. The summed E-state index contributed by atoms with van der Waals surface area (Å²) < 4.78 is 3.10. The van der Waals surface area contributed by atoms with E-state index >= 15 is 0 Å². The number of nitrogens with one attached hydrogen (secondary N) is 2. The zero-order valence-electron chi connectivity index (χ0n) is 35.7. The quantitative estimate of drug-likeness (QED) is 0.0517. The maximum absolute atomic E-state index is 13.0. The number of anilines is 2. The van der Waals surface area contributed by atoms with Crippen LogP contribution in [-0.4, -0.2) is 54.7 Å². The van der Waals surface area contributed by atoms with Crippen LogP contribution in [0.5, 0.6) is 0 Å². The first kappa shape index (κ1) is 44.7. The summed E-state index contributed by atoms with van der Waals surface area (Å²) in [7, 11) is 0. The first-order chi connectivity index (χ1) is 32.9. The number of nitrogens with zero attached hydrogens (tertiary/aromatic N) is 4. The van der Waals surface area contributed by atoms with Gasteiger partial charge in [-0.2, -0.15) is 10.5 Å². The van der Waals surface area contributed by atoms with Crippen LogP contribution in [0.25, 0.3) is 45.1 Å². The summed E-state index contributed by atoms with van der Waals surface area (Å²) in [4.78, 5) is 74.4. The highest BCUT2D eigenvalue weighted by atomic mass is 16.4. The van der Waals surface area contributed by atoms with Crippen LogP contribution < -0.4 is 10.6 Å². The van der Waals surface area contributed by atoms with E-state index in [-0.39, 0.29) is 41.5 Å². The van der Waals surface area contributed by atoms with Crippen molar-refractivity contribution in [2.75, 3.05) is 10.6 Å². The lowest BCUT2D eigenvalue weighted by atomic mass is 10.0. The topological polar surface area (TPSA) is 224 Å². The molecule has 0 saturated heterocycles. The van der Waals surface area contributed by atoms with Gasteiger partial charge in [-0.25, -0.2) is 0 Å². The molecule has 0 radical (unpaired) electrons. The number of fused-ring (bicyclic) bond motifs is 5. The number of amides is 2. The van der Waals surface area contributed by atoms with Crippen molar-refractivity contribution in [2.45, 2.75) is 13.1 Å². The van der Waals surface area contributed by atoms with Crippen LogP contribution in [0, 0.1) is 22.7 Å². The molecule has 0 atom stereocenters. The van der Waals surface area contributed by atoms with Crippen LogP contribution >= 0.6 is 0 Å². The molecule has 1 aliphatic rings. The summed E-state index contributed by atoms with van der Waals surface area (Å²) in [6.07, 6.45) is 6.04. The van der Waals surface area contributed by atoms with E-state index in [2.05, 4.69) is 10.6 Å². The maximum atomic E-state index is 13.0. The molecule has 6 aromatic carbocycles. The Morgan fingerprint density at radius 3 is 1.54 bits per heavy atom. The van der Waals surface area contributed by atoms with E-state index in [4.69, 9.17) is 0 Å². The Morgan fingerprint density at radius 2 is 0.985 bits per heavy atom. The molecule has 0 spiro atoms. The number of benzene rings is 6. The fourth-order valence-electron chi connectivity index (χ4n) is 8.03. The first-order valence-corrected chi connectivity index (χ1v) is 20.9. The van der Waals surface area contributed by atoms with E-state index in [0.717, 1.165) is 16.5 Å². The van der Waals surface area contributed by atoms with Crippen molar-refractivity contribution >= 4 is 80.7 Å². The Labute approximate surface area is 387 Å². The number of carboxylic acid groups (broad SMARTS) is 2. The zero-order chi connectivity index (χ0) is 47.9. The van der Waals surface area contributed by atoms with Gasteiger partial charge in [0.2, 0.25) is 0 Å². The lowest BCUT2D eigenvalue weighted by Crippen LogP contribution is -2.16. The molecule has 0 unspecified atom stereocenters. The number of hydrogen-bond donors (Lipinski definition) is 4. The summed E-state index contributed by atoms with van der Waals surface area (Å²) in [5.74, 6) is -3.77. The third kappa shape index (κ3) is 9.19. The maximum Gasteiger partial charge on any atom is 0.323 e. The molecule has 4 N–H and O–H groups in total. The van der Waals surface area contributed by atoms with Crippen LogP contribution in [0.3, 0.4) is 0 Å². The van der Waals surface area contributed by atoms with Gasteiger partial charge in [-0.15, -0.1) is 0 Å². The number of carbonyl (C=O) groups excluding carboxylic acids is 4. The summed E-state index contributed by atoms with van der Waals surface area (Å²) in [6.45, 7) is -0.501. The monoisotopic (exact) mass is 896 g/mol. The summed E-state index contributed by atoms with van der Waals surface area (Å²) in [6, 6.07) is 45.9. The highest BCUT2D eigenvalue weighted by Gasteiger charge is 2.29. The molecular formula is C54H36N6O8. The molecule has 2 heterocycles. The number of aromatic nitrogens is 2. The fraction of sp³-hybridized carbons (Fsp3) is 0.0370. The summed E-state index contributed by atoms with van der Waals surface area (Å²) in [5.41, 5.74) is 6.00. The van der Waals surface area contributed by atoms with Crippen LogP contribution in [0.2, 0.25) is 0 Å². The Hall–Kier alpha value is -9.92. The molecule has 0 bridgehead atoms. The molecular weight excluding hydrogens is 861 g/mol. The Morgan fingerprint density at radius 1 is 0.529 bits per heavy atom. The molecule has 9 rings (SSSR count). The minimum atomic E-state index is -1.01. The molecule has 2 amide bonds. The minimum absolute atomic E-state index is 0.168. The molecule has 0 fully saturated rings. The highest BCUT2D eigenvalue weighted by Crippen LogP contribution is 2.40. The number of rotatable bonds is 12. The Kier molecular flexibility index (Phi) is 12.8. The predicted molar refractivity (Wildman–Crippen MR) is 255 cm³/mol. The van der Waals surface area contributed by atoms with Gasteiger partial charge in [0.1, 0.15) is 36.4 Å². The molecule has 2 aromatic heterocycles. The van der Waals surface area contributed by atoms with E-state index in [0.29, 0.717) is 55.5 Å². The molecule has 1 aliphatic carbocycles. The van der Waals surface area contributed by atoms with Crippen molar-refractivity contribution in [2.24, 2.45) is 0 Å². The van der Waals surface area contributed by atoms with Gasteiger partial charge in [-0.3, -0.25) is 28.8 Å². The van der Waals surface area contributed by atoms with Gasteiger partial charge in [0, 0.05) is 62.0 Å². The zero-order valence-corrected chi connectivity index (χ0v) is 35.7. The lowest BCUT2D eigenvalue weighted by Gasteiger charge is -2.10. The van der Waals surface area contributed by atoms with Crippen LogP contribution in [-0.2, 0) is 32.3 Å². The van der Waals surface area contributed by atoms with Crippen molar-refractivity contribution in [3.05, 3.63) is 203 Å². The van der Waals surface area contributed by atoms with Crippen molar-refractivity contribution in [1.82, 2.24) is 9.13 Å². The number of carbonyl (C=O) groups is 6. The SMILES string of the molecule is N#CC(=Cc1cn(CC(=O)O)c2ccccc12)C(=O)Nc1cccc2c1C(=O)c1ccccc1-2.N#CC(=Cc1cn(CC(=O)O)c2ccccc12)C(=O)Nc1ccccc1C(=O)c1ccccc1. The Balaban J connectivity index is 0.000000184. The second kappa shape index (κ2) is 19.4. The summed E-state index contributed by atoms with van der Waals surface area (Å²) in [5, 5.41) is 44.6. The van der Waals surface area contributed by atoms with Crippen molar-refractivity contribution < 1.29 is 39.0 Å². The van der Waals surface area contributed by atoms with Gasteiger partial charge in [0.05, 0.1) is 16.9 Å². The molecule has 0 saturated carbocycles. The number of hydrogen-bond acceptors (Lipinski definition) is 8. The smallest absolute Gasteiger partial charge is 0.323 e. The Bertz CT molecular complexity index is 3530. The van der Waals surface area contributed by atoms with Crippen LogP contribution in [0.4, 0.5) is 11.4 Å².